The first-order valence-corrected chi connectivity index (χ1v) is 7.02. The average Bonchev–Trinajstić information content (AvgIpc) is 2.36. The average molecular weight is 285 g/mol. The number of ether oxygens (including phenoxy) is 1. The van der Waals surface area contributed by atoms with Crippen molar-refractivity contribution >= 4 is 0 Å². The van der Waals surface area contributed by atoms with Crippen LogP contribution in [-0.2, 0) is 11.2 Å². The van der Waals surface area contributed by atoms with Gasteiger partial charge in [0.05, 0.1) is 6.10 Å². The molecule has 4 heteroatoms. The lowest BCUT2D eigenvalue weighted by molar-refractivity contribution is -0.0342. The van der Waals surface area contributed by atoms with Crippen molar-refractivity contribution in [3.05, 3.63) is 35.4 Å². The molecular formula is C16H25F2NO. The number of hydrogen-bond donors (Lipinski definition) is 1. The second-order valence-electron chi connectivity index (χ2n) is 6.08. The van der Waals surface area contributed by atoms with E-state index in [-0.39, 0.29) is 23.4 Å². The van der Waals surface area contributed by atoms with E-state index in [0.29, 0.717) is 18.6 Å². The van der Waals surface area contributed by atoms with E-state index in [1.54, 1.807) is 0 Å². The van der Waals surface area contributed by atoms with E-state index < -0.39 is 5.82 Å². The van der Waals surface area contributed by atoms with Gasteiger partial charge in [0, 0.05) is 12.6 Å². The van der Waals surface area contributed by atoms with Gasteiger partial charge in [-0.3, -0.25) is 0 Å². The van der Waals surface area contributed by atoms with Gasteiger partial charge in [0.2, 0.25) is 0 Å². The van der Waals surface area contributed by atoms with Gasteiger partial charge in [-0.1, -0.05) is 20.8 Å². The van der Waals surface area contributed by atoms with Gasteiger partial charge in [0.15, 0.2) is 0 Å². The number of nitrogens with one attached hydrogen (secondary N) is 1. The summed E-state index contributed by atoms with van der Waals surface area (Å²) >= 11 is 0. The standard InChI is InChI=1S/C16H25F2NO/c1-6-20-15(16(2,3)4)14(19-5)10-11-9-12(17)7-8-13(11)18/h7-9,14-15,19H,6,10H2,1-5H3. The Balaban J connectivity index is 2.97. The third-order valence-corrected chi connectivity index (χ3v) is 3.38. The molecule has 2 nitrogen and oxygen atoms in total. The fraction of sp³-hybridized carbons (Fsp3) is 0.625. The van der Waals surface area contributed by atoms with Gasteiger partial charge in [0.25, 0.3) is 0 Å². The van der Waals surface area contributed by atoms with Crippen molar-refractivity contribution in [3.8, 4) is 0 Å². The molecule has 0 radical (unpaired) electrons. The zero-order valence-corrected chi connectivity index (χ0v) is 13.0. The fourth-order valence-corrected chi connectivity index (χ4v) is 2.45. The zero-order chi connectivity index (χ0) is 15.3. The Labute approximate surface area is 120 Å². The van der Waals surface area contributed by atoms with Crippen LogP contribution in [0.4, 0.5) is 8.78 Å². The van der Waals surface area contributed by atoms with Crippen molar-refractivity contribution in [3.63, 3.8) is 0 Å². The van der Waals surface area contributed by atoms with E-state index in [1.807, 2.05) is 14.0 Å². The molecule has 0 heterocycles. The van der Waals surface area contributed by atoms with Crippen molar-refractivity contribution in [1.29, 1.82) is 0 Å². The summed E-state index contributed by atoms with van der Waals surface area (Å²) < 4.78 is 32.9. The summed E-state index contributed by atoms with van der Waals surface area (Å²) in [5.74, 6) is -0.796. The van der Waals surface area contributed by atoms with E-state index in [4.69, 9.17) is 4.74 Å². The molecule has 1 aromatic carbocycles. The number of halogens is 2. The highest BCUT2D eigenvalue weighted by atomic mass is 19.1. The van der Waals surface area contributed by atoms with Crippen molar-refractivity contribution in [2.24, 2.45) is 5.41 Å². The van der Waals surface area contributed by atoms with Crippen LogP contribution >= 0.6 is 0 Å². The van der Waals surface area contributed by atoms with Crippen molar-refractivity contribution in [1.82, 2.24) is 5.32 Å². The van der Waals surface area contributed by atoms with Gasteiger partial charge in [-0.25, -0.2) is 8.78 Å². The quantitative estimate of drug-likeness (QED) is 0.863. The predicted molar refractivity (Wildman–Crippen MR) is 77.8 cm³/mol. The van der Waals surface area contributed by atoms with Gasteiger partial charge in [-0.15, -0.1) is 0 Å². The van der Waals surface area contributed by atoms with Gasteiger partial charge in [-0.2, -0.15) is 0 Å². The summed E-state index contributed by atoms with van der Waals surface area (Å²) in [7, 11) is 1.82. The Morgan fingerprint density at radius 3 is 2.40 bits per heavy atom. The number of rotatable bonds is 6. The Morgan fingerprint density at radius 2 is 1.90 bits per heavy atom. The minimum absolute atomic E-state index is 0.0775. The van der Waals surface area contributed by atoms with Crippen LogP contribution in [0.25, 0.3) is 0 Å². The van der Waals surface area contributed by atoms with Crippen LogP contribution in [0.2, 0.25) is 0 Å². The smallest absolute Gasteiger partial charge is 0.126 e. The Kier molecular flexibility index (Phi) is 6.08. The molecule has 1 aromatic rings. The molecule has 1 rings (SSSR count). The molecule has 0 amide bonds. The van der Waals surface area contributed by atoms with Crippen LogP contribution in [0, 0.1) is 17.0 Å². The first-order chi connectivity index (χ1) is 9.29. The lowest BCUT2D eigenvalue weighted by Crippen LogP contribution is -2.48. The largest absolute Gasteiger partial charge is 0.376 e. The molecule has 0 aromatic heterocycles. The molecular weight excluding hydrogens is 260 g/mol. The molecule has 0 spiro atoms. The summed E-state index contributed by atoms with van der Waals surface area (Å²) in [5, 5.41) is 3.17. The summed E-state index contributed by atoms with van der Waals surface area (Å²) in [6.07, 6.45) is 0.308. The lowest BCUT2D eigenvalue weighted by Gasteiger charge is -2.36. The molecule has 20 heavy (non-hydrogen) atoms. The highest BCUT2D eigenvalue weighted by molar-refractivity contribution is 5.20. The molecule has 0 fully saturated rings. The molecule has 0 saturated heterocycles. The molecule has 114 valence electrons. The number of likely N-dealkylation sites (N-methyl/N-ethyl adjacent to an activating group) is 1. The van der Waals surface area contributed by atoms with Gasteiger partial charge < -0.3 is 10.1 Å². The molecule has 0 saturated carbocycles. The van der Waals surface area contributed by atoms with E-state index in [2.05, 4.69) is 26.1 Å². The molecule has 1 N–H and O–H groups in total. The first-order valence-electron chi connectivity index (χ1n) is 7.02. The SMILES string of the molecule is CCOC(C(Cc1cc(F)ccc1F)NC)C(C)(C)C. The maximum atomic E-state index is 13.8. The number of hydrogen-bond acceptors (Lipinski definition) is 2. The Morgan fingerprint density at radius 1 is 1.25 bits per heavy atom. The van der Waals surface area contributed by atoms with Crippen LogP contribution in [0.5, 0.6) is 0 Å². The zero-order valence-electron chi connectivity index (χ0n) is 13.0. The van der Waals surface area contributed by atoms with Gasteiger partial charge in [-0.05, 0) is 49.6 Å². The summed E-state index contributed by atoms with van der Waals surface area (Å²) in [6.45, 7) is 8.78. The van der Waals surface area contributed by atoms with E-state index >= 15 is 0 Å². The van der Waals surface area contributed by atoms with Crippen molar-refractivity contribution in [2.75, 3.05) is 13.7 Å². The Bertz CT molecular complexity index is 429. The third kappa shape index (κ3) is 4.53. The molecule has 2 unspecified atom stereocenters. The first kappa shape index (κ1) is 17.1. The maximum Gasteiger partial charge on any atom is 0.126 e. The summed E-state index contributed by atoms with van der Waals surface area (Å²) in [5.41, 5.74) is 0.284. The molecule has 0 bridgehead atoms. The van der Waals surface area contributed by atoms with Crippen LogP contribution in [-0.4, -0.2) is 25.8 Å². The minimum Gasteiger partial charge on any atom is -0.376 e. The predicted octanol–water partition coefficient (Wildman–Crippen LogP) is 3.55. The molecule has 0 aliphatic carbocycles. The van der Waals surface area contributed by atoms with Crippen molar-refractivity contribution in [2.45, 2.75) is 46.3 Å². The van der Waals surface area contributed by atoms with Gasteiger partial charge >= 0.3 is 0 Å². The maximum absolute atomic E-state index is 13.8. The third-order valence-electron chi connectivity index (χ3n) is 3.38. The monoisotopic (exact) mass is 285 g/mol. The highest BCUT2D eigenvalue weighted by Crippen LogP contribution is 2.27. The summed E-state index contributed by atoms with van der Waals surface area (Å²) in [6, 6.07) is 3.48. The fourth-order valence-electron chi connectivity index (χ4n) is 2.45. The van der Waals surface area contributed by atoms with Crippen LogP contribution in [0.15, 0.2) is 18.2 Å². The number of benzene rings is 1. The molecule has 0 aliphatic heterocycles. The van der Waals surface area contributed by atoms with E-state index in [1.165, 1.54) is 12.1 Å². The summed E-state index contributed by atoms with van der Waals surface area (Å²) in [4.78, 5) is 0. The molecule has 0 aliphatic rings. The lowest BCUT2D eigenvalue weighted by atomic mass is 9.82. The second-order valence-corrected chi connectivity index (χ2v) is 6.08. The van der Waals surface area contributed by atoms with E-state index in [0.717, 1.165) is 6.07 Å². The highest BCUT2D eigenvalue weighted by Gasteiger charge is 2.32. The van der Waals surface area contributed by atoms with Crippen LogP contribution in [0.1, 0.15) is 33.3 Å². The normalized spacial score (nSPS) is 15.2. The Hall–Kier alpha value is -1.00. The van der Waals surface area contributed by atoms with Gasteiger partial charge in [0.1, 0.15) is 11.6 Å². The minimum atomic E-state index is -0.417. The van der Waals surface area contributed by atoms with Crippen LogP contribution < -0.4 is 5.32 Å². The second kappa shape index (κ2) is 7.14. The molecule has 2 atom stereocenters. The van der Waals surface area contributed by atoms with Crippen molar-refractivity contribution < 1.29 is 13.5 Å². The van der Waals surface area contributed by atoms with Crippen LogP contribution in [0.3, 0.4) is 0 Å². The van der Waals surface area contributed by atoms with E-state index in [9.17, 15) is 8.78 Å². The topological polar surface area (TPSA) is 21.3 Å².